The van der Waals surface area contributed by atoms with E-state index in [9.17, 15) is 9.90 Å². The second-order valence-electron chi connectivity index (χ2n) is 3.86. The van der Waals surface area contributed by atoms with Gasteiger partial charge in [-0.2, -0.15) is 11.3 Å². The maximum absolute atomic E-state index is 10.8. The van der Waals surface area contributed by atoms with Crippen LogP contribution in [-0.2, 0) is 4.79 Å². The first-order chi connectivity index (χ1) is 8.58. The van der Waals surface area contributed by atoms with Crippen molar-refractivity contribution < 1.29 is 14.6 Å². The van der Waals surface area contributed by atoms with Gasteiger partial charge in [0, 0.05) is 6.92 Å². The summed E-state index contributed by atoms with van der Waals surface area (Å²) in [4.78, 5) is 10.8. The predicted octanol–water partition coefficient (Wildman–Crippen LogP) is 2.43. The van der Waals surface area contributed by atoms with Crippen LogP contribution in [0, 0.1) is 0 Å². The Hall–Kier alpha value is -1.85. The molecule has 0 radical (unpaired) electrons. The van der Waals surface area contributed by atoms with Crippen LogP contribution >= 0.6 is 11.3 Å². The number of benzene rings is 1. The molecule has 0 spiro atoms. The molecular weight excluding hydrogens is 250 g/mol. The van der Waals surface area contributed by atoms with E-state index in [0.717, 1.165) is 11.1 Å². The van der Waals surface area contributed by atoms with E-state index in [0.29, 0.717) is 0 Å². The Morgan fingerprint density at radius 3 is 2.72 bits per heavy atom. The molecule has 4 nitrogen and oxygen atoms in total. The lowest BCUT2D eigenvalue weighted by Crippen LogP contribution is -2.11. The van der Waals surface area contributed by atoms with E-state index in [2.05, 4.69) is 0 Å². The summed E-state index contributed by atoms with van der Waals surface area (Å²) >= 11 is 1.57. The minimum Gasteiger partial charge on any atom is -0.504 e. The van der Waals surface area contributed by atoms with Gasteiger partial charge in [0.1, 0.15) is 0 Å². The fourth-order valence-electron chi connectivity index (χ4n) is 1.61. The molecule has 0 saturated heterocycles. The molecule has 0 unspecified atom stereocenters. The number of aromatic hydroxyl groups is 1. The van der Waals surface area contributed by atoms with Gasteiger partial charge in [-0.1, -0.05) is 6.07 Å². The minimum absolute atomic E-state index is 0.0895. The van der Waals surface area contributed by atoms with Crippen molar-refractivity contribution in [3.05, 3.63) is 46.2 Å². The zero-order valence-corrected chi connectivity index (χ0v) is 10.6. The maximum atomic E-state index is 10.8. The molecular formula is C13H13NO3S. The monoisotopic (exact) mass is 263 g/mol. The maximum Gasteiger partial charge on any atom is 0.308 e. The lowest BCUT2D eigenvalue weighted by atomic mass is 10.0. The fraction of sp³-hybridized carbons (Fsp3) is 0.154. The van der Waals surface area contributed by atoms with Gasteiger partial charge in [-0.05, 0) is 40.1 Å². The van der Waals surface area contributed by atoms with E-state index in [4.69, 9.17) is 10.5 Å². The summed E-state index contributed by atoms with van der Waals surface area (Å²) in [6, 6.07) is 6.43. The highest BCUT2D eigenvalue weighted by Crippen LogP contribution is 2.31. The van der Waals surface area contributed by atoms with Crippen LogP contribution < -0.4 is 10.5 Å². The van der Waals surface area contributed by atoms with Gasteiger partial charge in [0.2, 0.25) is 0 Å². The summed E-state index contributed by atoms with van der Waals surface area (Å²) in [5, 5.41) is 13.7. The molecule has 0 amide bonds. The smallest absolute Gasteiger partial charge is 0.308 e. The van der Waals surface area contributed by atoms with Crippen molar-refractivity contribution in [3.8, 4) is 11.5 Å². The largest absolute Gasteiger partial charge is 0.504 e. The SMILES string of the molecule is CC(=O)Oc1ccc([C@H](N)c2ccsc2)cc1O. The Kier molecular flexibility index (Phi) is 3.64. The molecule has 0 aliphatic heterocycles. The van der Waals surface area contributed by atoms with Crippen LogP contribution in [0.3, 0.4) is 0 Å². The molecule has 0 bridgehead atoms. The number of hydrogen-bond acceptors (Lipinski definition) is 5. The Balaban J connectivity index is 2.26. The van der Waals surface area contributed by atoms with Crippen LogP contribution in [0.15, 0.2) is 35.0 Å². The molecule has 2 aromatic rings. The number of ether oxygens (including phenoxy) is 1. The van der Waals surface area contributed by atoms with Crippen LogP contribution in [-0.4, -0.2) is 11.1 Å². The lowest BCUT2D eigenvalue weighted by molar-refractivity contribution is -0.132. The van der Waals surface area contributed by atoms with Crippen molar-refractivity contribution in [2.75, 3.05) is 0 Å². The Morgan fingerprint density at radius 2 is 2.17 bits per heavy atom. The number of rotatable bonds is 3. The molecule has 18 heavy (non-hydrogen) atoms. The molecule has 1 heterocycles. The highest BCUT2D eigenvalue weighted by molar-refractivity contribution is 7.08. The molecule has 1 aromatic carbocycles. The van der Waals surface area contributed by atoms with E-state index in [-0.39, 0.29) is 17.5 Å². The zero-order chi connectivity index (χ0) is 13.1. The third-order valence-electron chi connectivity index (χ3n) is 2.50. The van der Waals surface area contributed by atoms with Crippen LogP contribution in [0.4, 0.5) is 0 Å². The van der Waals surface area contributed by atoms with Crippen LogP contribution in [0.25, 0.3) is 0 Å². The number of phenolic OH excluding ortho intramolecular Hbond substituents is 1. The van der Waals surface area contributed by atoms with E-state index < -0.39 is 5.97 Å². The van der Waals surface area contributed by atoms with Gasteiger partial charge in [-0.25, -0.2) is 0 Å². The fourth-order valence-corrected chi connectivity index (χ4v) is 2.31. The number of thiophene rings is 1. The average Bonchev–Trinajstić information content (AvgIpc) is 2.84. The van der Waals surface area contributed by atoms with Crippen molar-refractivity contribution >= 4 is 17.3 Å². The zero-order valence-electron chi connectivity index (χ0n) is 9.79. The summed E-state index contributed by atoms with van der Waals surface area (Å²) in [6.45, 7) is 1.28. The van der Waals surface area contributed by atoms with Gasteiger partial charge in [-0.3, -0.25) is 4.79 Å². The van der Waals surface area contributed by atoms with Crippen LogP contribution in [0.2, 0.25) is 0 Å². The van der Waals surface area contributed by atoms with Crippen LogP contribution in [0.5, 0.6) is 11.5 Å². The molecule has 1 atom stereocenters. The predicted molar refractivity (Wildman–Crippen MR) is 69.8 cm³/mol. The quantitative estimate of drug-likeness (QED) is 0.659. The first-order valence-electron chi connectivity index (χ1n) is 5.37. The highest BCUT2D eigenvalue weighted by Gasteiger charge is 2.13. The van der Waals surface area contributed by atoms with Gasteiger partial charge >= 0.3 is 5.97 Å². The van der Waals surface area contributed by atoms with Crippen molar-refractivity contribution in [2.24, 2.45) is 5.73 Å². The summed E-state index contributed by atoms with van der Waals surface area (Å²) in [5.74, 6) is -0.419. The average molecular weight is 263 g/mol. The van der Waals surface area contributed by atoms with Gasteiger partial charge < -0.3 is 15.6 Å². The molecule has 1 aromatic heterocycles. The molecule has 3 N–H and O–H groups in total. The Labute approximate surface area is 109 Å². The lowest BCUT2D eigenvalue weighted by Gasteiger charge is -2.12. The number of nitrogens with two attached hydrogens (primary N) is 1. The van der Waals surface area contributed by atoms with Crippen LogP contribution in [0.1, 0.15) is 24.1 Å². The Bertz CT molecular complexity index is 551. The number of carbonyl (C=O) groups is 1. The number of hydrogen-bond donors (Lipinski definition) is 2. The summed E-state index contributed by atoms with van der Waals surface area (Å²) < 4.78 is 4.84. The second-order valence-corrected chi connectivity index (χ2v) is 4.64. The topological polar surface area (TPSA) is 72.5 Å². The van der Waals surface area contributed by atoms with Gasteiger partial charge in [0.25, 0.3) is 0 Å². The normalized spacial score (nSPS) is 12.1. The standard InChI is InChI=1S/C13H13NO3S/c1-8(15)17-12-3-2-9(6-11(12)16)13(14)10-4-5-18-7-10/h2-7,13,16H,14H2,1H3/t13-/m0/s1. The number of carbonyl (C=O) groups excluding carboxylic acids is 1. The summed E-state index contributed by atoms with van der Waals surface area (Å²) in [5.41, 5.74) is 7.82. The molecule has 0 aliphatic carbocycles. The first kappa shape index (κ1) is 12.6. The Morgan fingerprint density at radius 1 is 1.39 bits per heavy atom. The van der Waals surface area contributed by atoms with E-state index in [1.54, 1.807) is 17.4 Å². The third kappa shape index (κ3) is 2.69. The van der Waals surface area contributed by atoms with Gasteiger partial charge in [0.15, 0.2) is 11.5 Å². The van der Waals surface area contributed by atoms with Crippen molar-refractivity contribution in [1.82, 2.24) is 0 Å². The summed E-state index contributed by atoms with van der Waals surface area (Å²) in [6.07, 6.45) is 0. The molecule has 0 fully saturated rings. The van der Waals surface area contributed by atoms with Crippen molar-refractivity contribution in [1.29, 1.82) is 0 Å². The van der Waals surface area contributed by atoms with E-state index in [1.165, 1.54) is 19.1 Å². The molecule has 0 saturated carbocycles. The highest BCUT2D eigenvalue weighted by atomic mass is 32.1. The van der Waals surface area contributed by atoms with E-state index in [1.807, 2.05) is 16.8 Å². The molecule has 94 valence electrons. The van der Waals surface area contributed by atoms with Gasteiger partial charge in [0.05, 0.1) is 6.04 Å². The number of phenols is 1. The van der Waals surface area contributed by atoms with Crippen molar-refractivity contribution in [2.45, 2.75) is 13.0 Å². The van der Waals surface area contributed by atoms with Crippen molar-refractivity contribution in [3.63, 3.8) is 0 Å². The first-order valence-corrected chi connectivity index (χ1v) is 6.31. The third-order valence-corrected chi connectivity index (χ3v) is 3.20. The van der Waals surface area contributed by atoms with E-state index >= 15 is 0 Å². The molecule has 5 heteroatoms. The summed E-state index contributed by atoms with van der Waals surface area (Å²) in [7, 11) is 0. The second kappa shape index (κ2) is 5.20. The van der Waals surface area contributed by atoms with Gasteiger partial charge in [-0.15, -0.1) is 0 Å². The number of esters is 1. The molecule has 0 aliphatic rings. The molecule has 2 rings (SSSR count). The minimum atomic E-state index is -0.472.